The smallest absolute Gasteiger partial charge is 0.342 e. The summed E-state index contributed by atoms with van der Waals surface area (Å²) >= 11 is 0. The van der Waals surface area contributed by atoms with E-state index in [0.29, 0.717) is 12.5 Å². The third-order valence-corrected chi connectivity index (χ3v) is 4.50. The highest BCUT2D eigenvalue weighted by molar-refractivity contribution is 5.30. The molecule has 0 radical (unpaired) electrons. The fourth-order valence-electron chi connectivity index (χ4n) is 2.51. The molecule has 94 valence electrons. The number of nitrogens with zero attached hydrogens (tertiary/aromatic N) is 1. The molecule has 0 atom stereocenters. The Labute approximate surface area is 98.8 Å². The highest BCUT2D eigenvalue weighted by atomic mass is 16.2. The van der Waals surface area contributed by atoms with E-state index in [0.717, 1.165) is 0 Å². The van der Waals surface area contributed by atoms with Gasteiger partial charge < -0.3 is 5.32 Å². The molecule has 17 heavy (non-hydrogen) atoms. The van der Waals surface area contributed by atoms with Crippen molar-refractivity contribution in [2.24, 2.45) is 16.7 Å². The van der Waals surface area contributed by atoms with Crippen LogP contribution in [0.2, 0.25) is 0 Å². The van der Waals surface area contributed by atoms with Gasteiger partial charge >= 0.3 is 5.69 Å². The van der Waals surface area contributed by atoms with Gasteiger partial charge in [-0.25, -0.2) is 9.89 Å². The molecular weight excluding hydrogens is 220 g/mol. The second kappa shape index (κ2) is 3.45. The van der Waals surface area contributed by atoms with E-state index in [2.05, 4.69) is 48.2 Å². The Kier molecular flexibility index (Phi) is 2.41. The molecule has 6 nitrogen and oxygen atoms in total. The molecule has 1 heterocycles. The Morgan fingerprint density at radius 2 is 1.82 bits per heavy atom. The Bertz CT molecular complexity index is 527. The molecule has 0 bridgehead atoms. The molecule has 1 aromatic rings. The van der Waals surface area contributed by atoms with Gasteiger partial charge in [0.1, 0.15) is 0 Å². The summed E-state index contributed by atoms with van der Waals surface area (Å²) in [6.45, 7) is 9.53. The molecule has 1 aromatic heterocycles. The standard InChI is InChI=1S/C11H18N4O2/c1-10(2)6(11(10,3)4)5-12-7-8(16)13-9(17)15-14-7/h6H,5H2,1-4H3,(H,12,14)(H2,13,15,16,17). The average Bonchev–Trinajstić information content (AvgIpc) is 2.58. The fraction of sp³-hybridized carbons (Fsp3) is 0.727. The van der Waals surface area contributed by atoms with E-state index in [9.17, 15) is 9.59 Å². The highest BCUT2D eigenvalue weighted by Gasteiger charge is 2.64. The largest absolute Gasteiger partial charge is 0.364 e. The zero-order chi connectivity index (χ0) is 12.8. The van der Waals surface area contributed by atoms with Crippen LogP contribution in [0.25, 0.3) is 0 Å². The van der Waals surface area contributed by atoms with Gasteiger partial charge in [0, 0.05) is 6.54 Å². The molecule has 0 saturated heterocycles. The summed E-state index contributed by atoms with van der Waals surface area (Å²) in [4.78, 5) is 24.3. The first-order valence-corrected chi connectivity index (χ1v) is 5.69. The summed E-state index contributed by atoms with van der Waals surface area (Å²) < 4.78 is 0. The quantitative estimate of drug-likeness (QED) is 0.717. The van der Waals surface area contributed by atoms with Crippen LogP contribution in [-0.4, -0.2) is 21.7 Å². The number of aromatic amines is 2. The molecule has 1 saturated carbocycles. The summed E-state index contributed by atoms with van der Waals surface area (Å²) in [5.74, 6) is 0.659. The second-order valence-corrected chi connectivity index (χ2v) is 5.73. The van der Waals surface area contributed by atoms with Crippen LogP contribution in [0.4, 0.5) is 5.82 Å². The molecule has 0 spiro atoms. The van der Waals surface area contributed by atoms with E-state index >= 15 is 0 Å². The lowest BCUT2D eigenvalue weighted by Gasteiger charge is -2.04. The van der Waals surface area contributed by atoms with Crippen molar-refractivity contribution in [3.63, 3.8) is 0 Å². The molecule has 0 unspecified atom stereocenters. The van der Waals surface area contributed by atoms with Gasteiger partial charge in [-0.1, -0.05) is 27.7 Å². The van der Waals surface area contributed by atoms with Gasteiger partial charge in [0.2, 0.25) is 5.82 Å². The summed E-state index contributed by atoms with van der Waals surface area (Å²) in [7, 11) is 0. The molecule has 0 aliphatic heterocycles. The van der Waals surface area contributed by atoms with Gasteiger partial charge in [0.25, 0.3) is 5.56 Å². The first-order chi connectivity index (χ1) is 7.76. The molecule has 3 N–H and O–H groups in total. The molecule has 1 fully saturated rings. The first kappa shape index (κ1) is 11.9. The first-order valence-electron chi connectivity index (χ1n) is 5.69. The topological polar surface area (TPSA) is 90.6 Å². The van der Waals surface area contributed by atoms with E-state index in [1.807, 2.05) is 0 Å². The van der Waals surface area contributed by atoms with Crippen LogP contribution in [0.15, 0.2) is 9.59 Å². The molecule has 1 aliphatic rings. The number of aromatic nitrogens is 3. The van der Waals surface area contributed by atoms with Gasteiger partial charge in [-0.05, 0) is 16.7 Å². The van der Waals surface area contributed by atoms with Crippen LogP contribution in [0.5, 0.6) is 0 Å². The van der Waals surface area contributed by atoms with Crippen LogP contribution in [-0.2, 0) is 0 Å². The van der Waals surface area contributed by atoms with Gasteiger partial charge in [0.15, 0.2) is 0 Å². The molecule has 0 amide bonds. The lowest BCUT2D eigenvalue weighted by atomic mass is 10.0. The van der Waals surface area contributed by atoms with Crippen molar-refractivity contribution in [1.29, 1.82) is 0 Å². The number of hydrogen-bond acceptors (Lipinski definition) is 4. The Balaban J connectivity index is 2.06. The molecule has 2 rings (SSSR count). The van der Waals surface area contributed by atoms with Crippen molar-refractivity contribution in [2.45, 2.75) is 27.7 Å². The zero-order valence-corrected chi connectivity index (χ0v) is 10.5. The lowest BCUT2D eigenvalue weighted by Crippen LogP contribution is -2.27. The summed E-state index contributed by atoms with van der Waals surface area (Å²) in [6.07, 6.45) is 0. The van der Waals surface area contributed by atoms with Crippen LogP contribution in [0, 0.1) is 16.7 Å². The number of hydrogen-bond donors (Lipinski definition) is 3. The summed E-state index contributed by atoms with van der Waals surface area (Å²) in [5.41, 5.74) is -0.554. The van der Waals surface area contributed by atoms with Crippen molar-refractivity contribution in [2.75, 3.05) is 11.9 Å². The molecule has 6 heteroatoms. The van der Waals surface area contributed by atoms with Gasteiger partial charge in [-0.2, -0.15) is 0 Å². The van der Waals surface area contributed by atoms with Gasteiger partial charge in [-0.15, -0.1) is 5.10 Å². The SMILES string of the molecule is CC1(C)C(CNc2n[nH]c(=O)[nH]c2=O)C1(C)C. The minimum atomic E-state index is -0.590. The maximum Gasteiger partial charge on any atom is 0.342 e. The van der Waals surface area contributed by atoms with Crippen molar-refractivity contribution < 1.29 is 0 Å². The maximum atomic E-state index is 11.4. The number of nitrogens with one attached hydrogen (secondary N) is 3. The monoisotopic (exact) mass is 238 g/mol. The second-order valence-electron chi connectivity index (χ2n) is 5.73. The molecule has 0 aromatic carbocycles. The predicted molar refractivity (Wildman–Crippen MR) is 65.0 cm³/mol. The Morgan fingerprint density at radius 3 is 2.29 bits per heavy atom. The maximum absolute atomic E-state index is 11.4. The van der Waals surface area contributed by atoms with Crippen molar-refractivity contribution in [3.8, 4) is 0 Å². The molecular formula is C11H18N4O2. The lowest BCUT2D eigenvalue weighted by molar-refractivity contribution is 0.457. The van der Waals surface area contributed by atoms with E-state index in [1.165, 1.54) is 0 Å². The van der Waals surface area contributed by atoms with Gasteiger partial charge in [0.05, 0.1) is 0 Å². The van der Waals surface area contributed by atoms with Gasteiger partial charge in [-0.3, -0.25) is 9.78 Å². The zero-order valence-electron chi connectivity index (χ0n) is 10.5. The average molecular weight is 238 g/mol. The Morgan fingerprint density at radius 1 is 1.24 bits per heavy atom. The van der Waals surface area contributed by atoms with Crippen molar-refractivity contribution in [3.05, 3.63) is 20.8 Å². The third kappa shape index (κ3) is 1.77. The van der Waals surface area contributed by atoms with Crippen molar-refractivity contribution in [1.82, 2.24) is 15.2 Å². The van der Waals surface area contributed by atoms with Crippen LogP contribution >= 0.6 is 0 Å². The van der Waals surface area contributed by atoms with Crippen LogP contribution in [0.3, 0.4) is 0 Å². The summed E-state index contributed by atoms with van der Waals surface area (Å²) in [5, 5.41) is 8.87. The van der Waals surface area contributed by atoms with E-state index < -0.39 is 11.2 Å². The minimum absolute atomic E-state index is 0.170. The number of anilines is 1. The van der Waals surface area contributed by atoms with Crippen LogP contribution < -0.4 is 16.6 Å². The number of rotatable bonds is 3. The third-order valence-electron chi connectivity index (χ3n) is 4.50. The normalized spacial score (nSPS) is 21.2. The summed E-state index contributed by atoms with van der Waals surface area (Å²) in [6, 6.07) is 0. The van der Waals surface area contributed by atoms with E-state index in [-0.39, 0.29) is 16.6 Å². The molecule has 1 aliphatic carbocycles. The predicted octanol–water partition coefficient (Wildman–Crippen LogP) is 0.552. The fourth-order valence-corrected chi connectivity index (χ4v) is 2.51. The minimum Gasteiger partial charge on any atom is -0.364 e. The van der Waals surface area contributed by atoms with Crippen molar-refractivity contribution >= 4 is 5.82 Å². The van der Waals surface area contributed by atoms with E-state index in [1.54, 1.807) is 0 Å². The van der Waals surface area contributed by atoms with Crippen LogP contribution in [0.1, 0.15) is 27.7 Å². The Hall–Kier alpha value is -1.59. The number of H-pyrrole nitrogens is 2. The highest BCUT2D eigenvalue weighted by Crippen LogP contribution is 2.68. The van der Waals surface area contributed by atoms with E-state index in [4.69, 9.17) is 0 Å².